The molecule has 2 aliphatic heterocycles. The van der Waals surface area contributed by atoms with Crippen LogP contribution in [0.1, 0.15) is 43.0 Å². The summed E-state index contributed by atoms with van der Waals surface area (Å²) in [5.74, 6) is 2.83. The van der Waals surface area contributed by atoms with Gasteiger partial charge in [0.1, 0.15) is 18.2 Å². The summed E-state index contributed by atoms with van der Waals surface area (Å²) in [4.78, 5) is 9.85. The smallest absolute Gasteiger partial charge is 0.123 e. The maximum absolute atomic E-state index is 6.35. The molecule has 0 amide bonds. The number of ether oxygens (including phenoxy) is 1. The van der Waals surface area contributed by atoms with Crippen molar-refractivity contribution in [3.63, 3.8) is 0 Å². The summed E-state index contributed by atoms with van der Waals surface area (Å²) >= 11 is 0. The van der Waals surface area contributed by atoms with E-state index < -0.39 is 0 Å². The van der Waals surface area contributed by atoms with Gasteiger partial charge in [-0.15, -0.1) is 0 Å². The van der Waals surface area contributed by atoms with Gasteiger partial charge in [0, 0.05) is 13.1 Å². The molecule has 1 atom stereocenters. The standard InChI is InChI=1S/C26H34N4O/c1-28-15-7-8-21(28)19-31-25-12-6-3-9-22(25)20-13-16-30(17-14-20)18-26-27-23-10-4-5-11-24(23)29(26)2/h3-6,9-12,20-21H,7-8,13-19H2,1-2H3/t21-/m0/s1. The Morgan fingerprint density at radius 1 is 0.935 bits per heavy atom. The van der Waals surface area contributed by atoms with Gasteiger partial charge < -0.3 is 14.2 Å². The Hall–Kier alpha value is -2.37. The molecule has 5 rings (SSSR count). The average molecular weight is 419 g/mol. The summed E-state index contributed by atoms with van der Waals surface area (Å²) in [6.45, 7) is 5.13. The Morgan fingerprint density at radius 3 is 2.48 bits per heavy atom. The molecule has 1 aromatic heterocycles. The van der Waals surface area contributed by atoms with Crippen molar-refractivity contribution < 1.29 is 4.74 Å². The zero-order chi connectivity index (χ0) is 21.2. The van der Waals surface area contributed by atoms with Gasteiger partial charge in [0.15, 0.2) is 0 Å². The molecule has 31 heavy (non-hydrogen) atoms. The third kappa shape index (κ3) is 4.35. The Balaban J connectivity index is 1.21. The van der Waals surface area contributed by atoms with Crippen molar-refractivity contribution >= 4 is 11.0 Å². The SMILES string of the molecule is CN1CCC[C@H]1COc1ccccc1C1CCN(Cc2nc3ccccc3n2C)CC1. The van der Waals surface area contributed by atoms with Crippen molar-refractivity contribution in [3.05, 3.63) is 59.9 Å². The Labute approximate surface area is 185 Å². The van der Waals surface area contributed by atoms with E-state index in [1.54, 1.807) is 0 Å². The first-order valence-electron chi connectivity index (χ1n) is 11.7. The van der Waals surface area contributed by atoms with Crippen molar-refractivity contribution in [2.45, 2.75) is 44.2 Å². The lowest BCUT2D eigenvalue weighted by atomic mass is 9.89. The summed E-state index contributed by atoms with van der Waals surface area (Å²) in [5.41, 5.74) is 3.70. The number of benzene rings is 2. The molecular weight excluding hydrogens is 384 g/mol. The first kappa shape index (κ1) is 20.5. The highest BCUT2D eigenvalue weighted by molar-refractivity contribution is 5.75. The van der Waals surface area contributed by atoms with Crippen LogP contribution in [0.15, 0.2) is 48.5 Å². The minimum atomic E-state index is 0.559. The van der Waals surface area contributed by atoms with Crippen molar-refractivity contribution in [2.24, 2.45) is 7.05 Å². The van der Waals surface area contributed by atoms with Crippen LogP contribution in [0.5, 0.6) is 5.75 Å². The molecule has 0 N–H and O–H groups in total. The molecule has 0 spiro atoms. The molecule has 5 nitrogen and oxygen atoms in total. The highest BCUT2D eigenvalue weighted by atomic mass is 16.5. The quantitative estimate of drug-likeness (QED) is 0.593. The van der Waals surface area contributed by atoms with Crippen LogP contribution in [0, 0.1) is 0 Å². The van der Waals surface area contributed by atoms with Gasteiger partial charge in [-0.1, -0.05) is 30.3 Å². The van der Waals surface area contributed by atoms with E-state index in [1.807, 2.05) is 0 Å². The number of hydrogen-bond donors (Lipinski definition) is 0. The second-order valence-electron chi connectivity index (χ2n) is 9.25. The minimum absolute atomic E-state index is 0.559. The molecule has 2 aromatic carbocycles. The third-order valence-electron chi connectivity index (χ3n) is 7.29. The lowest BCUT2D eigenvalue weighted by molar-refractivity contribution is 0.185. The van der Waals surface area contributed by atoms with Crippen LogP contribution in [0.2, 0.25) is 0 Å². The van der Waals surface area contributed by atoms with E-state index in [1.165, 1.54) is 43.3 Å². The fourth-order valence-electron chi connectivity index (χ4n) is 5.26. The molecule has 0 saturated carbocycles. The van der Waals surface area contributed by atoms with E-state index in [0.717, 1.165) is 43.3 Å². The number of hydrogen-bond acceptors (Lipinski definition) is 4. The van der Waals surface area contributed by atoms with Crippen molar-refractivity contribution in [1.29, 1.82) is 0 Å². The van der Waals surface area contributed by atoms with Gasteiger partial charge in [-0.25, -0.2) is 4.98 Å². The van der Waals surface area contributed by atoms with Crippen LogP contribution in [0.3, 0.4) is 0 Å². The Kier molecular flexibility index (Phi) is 5.97. The highest BCUT2D eigenvalue weighted by Gasteiger charge is 2.25. The molecule has 0 unspecified atom stereocenters. The topological polar surface area (TPSA) is 33.5 Å². The van der Waals surface area contributed by atoms with Gasteiger partial charge in [0.05, 0.1) is 17.6 Å². The van der Waals surface area contributed by atoms with Crippen LogP contribution in [-0.2, 0) is 13.6 Å². The number of imidazole rings is 1. The second kappa shape index (κ2) is 9.01. The number of likely N-dealkylation sites (N-methyl/N-ethyl adjacent to an activating group) is 1. The Morgan fingerprint density at radius 2 is 1.71 bits per heavy atom. The number of fused-ring (bicyclic) bond motifs is 1. The summed E-state index contributed by atoms with van der Waals surface area (Å²) in [5, 5.41) is 0. The number of aromatic nitrogens is 2. The first-order valence-corrected chi connectivity index (χ1v) is 11.7. The molecule has 3 heterocycles. The van der Waals surface area contributed by atoms with Crippen LogP contribution in [-0.4, -0.2) is 58.7 Å². The number of aryl methyl sites for hydroxylation is 1. The lowest BCUT2D eigenvalue weighted by Gasteiger charge is -2.32. The zero-order valence-electron chi connectivity index (χ0n) is 18.8. The molecule has 3 aromatic rings. The summed E-state index contributed by atoms with van der Waals surface area (Å²) < 4.78 is 8.59. The zero-order valence-corrected chi connectivity index (χ0v) is 18.8. The molecule has 2 fully saturated rings. The van der Waals surface area contributed by atoms with Crippen LogP contribution in [0.4, 0.5) is 0 Å². The van der Waals surface area contributed by atoms with Crippen LogP contribution >= 0.6 is 0 Å². The lowest BCUT2D eigenvalue weighted by Crippen LogP contribution is -2.33. The second-order valence-corrected chi connectivity index (χ2v) is 9.25. The number of rotatable bonds is 6. The van der Waals surface area contributed by atoms with E-state index in [2.05, 4.69) is 77.0 Å². The monoisotopic (exact) mass is 418 g/mol. The molecule has 2 saturated heterocycles. The largest absolute Gasteiger partial charge is 0.492 e. The number of likely N-dealkylation sites (tertiary alicyclic amines) is 2. The average Bonchev–Trinajstić information content (AvgIpc) is 3.36. The van der Waals surface area contributed by atoms with E-state index in [0.29, 0.717) is 12.0 Å². The van der Waals surface area contributed by atoms with Gasteiger partial charge in [-0.2, -0.15) is 0 Å². The van der Waals surface area contributed by atoms with Gasteiger partial charge in [0.25, 0.3) is 0 Å². The summed E-state index contributed by atoms with van der Waals surface area (Å²) in [6, 6.07) is 17.7. The number of para-hydroxylation sites is 3. The van der Waals surface area contributed by atoms with Gasteiger partial charge in [0.2, 0.25) is 0 Å². The van der Waals surface area contributed by atoms with Gasteiger partial charge in [-0.3, -0.25) is 4.90 Å². The molecule has 2 aliphatic rings. The molecule has 0 radical (unpaired) electrons. The predicted octanol–water partition coefficient (Wildman–Crippen LogP) is 4.43. The third-order valence-corrected chi connectivity index (χ3v) is 7.29. The minimum Gasteiger partial charge on any atom is -0.492 e. The normalized spacial score (nSPS) is 21.2. The molecular formula is C26H34N4O. The molecule has 0 aliphatic carbocycles. The molecule has 0 bridgehead atoms. The summed E-state index contributed by atoms with van der Waals surface area (Å²) in [6.07, 6.45) is 4.89. The predicted molar refractivity (Wildman–Crippen MR) is 126 cm³/mol. The van der Waals surface area contributed by atoms with Crippen molar-refractivity contribution in [1.82, 2.24) is 19.4 Å². The van der Waals surface area contributed by atoms with E-state index >= 15 is 0 Å². The van der Waals surface area contributed by atoms with Crippen molar-refractivity contribution in [3.8, 4) is 5.75 Å². The Bertz CT molecular complexity index is 1020. The molecule has 164 valence electrons. The van der Waals surface area contributed by atoms with Crippen LogP contribution < -0.4 is 4.74 Å². The summed E-state index contributed by atoms with van der Waals surface area (Å²) in [7, 11) is 4.35. The maximum Gasteiger partial charge on any atom is 0.123 e. The van der Waals surface area contributed by atoms with Crippen molar-refractivity contribution in [2.75, 3.05) is 33.3 Å². The highest BCUT2D eigenvalue weighted by Crippen LogP contribution is 2.35. The maximum atomic E-state index is 6.35. The van der Waals surface area contributed by atoms with Gasteiger partial charge in [-0.05, 0) is 82.0 Å². The van der Waals surface area contributed by atoms with Gasteiger partial charge >= 0.3 is 0 Å². The number of nitrogens with zero attached hydrogens (tertiary/aromatic N) is 4. The molecule has 5 heteroatoms. The number of piperidine rings is 1. The first-order chi connectivity index (χ1) is 15.2. The van der Waals surface area contributed by atoms with E-state index in [-0.39, 0.29) is 0 Å². The van der Waals surface area contributed by atoms with Crippen LogP contribution in [0.25, 0.3) is 11.0 Å². The van der Waals surface area contributed by atoms with E-state index in [4.69, 9.17) is 9.72 Å². The fourth-order valence-corrected chi connectivity index (χ4v) is 5.26. The fraction of sp³-hybridized carbons (Fsp3) is 0.500. The van der Waals surface area contributed by atoms with E-state index in [9.17, 15) is 0 Å².